The Morgan fingerprint density at radius 3 is 1.50 bits per heavy atom. The highest BCUT2D eigenvalue weighted by atomic mass is 31.1. The van der Waals surface area contributed by atoms with E-state index >= 15 is 0 Å². The van der Waals surface area contributed by atoms with Crippen molar-refractivity contribution < 1.29 is 33.4 Å². The zero-order valence-electron chi connectivity index (χ0n) is 8.95. The maximum atomic E-state index is 10.6. The van der Waals surface area contributed by atoms with Gasteiger partial charge in [-0.25, -0.2) is 9.59 Å². The minimum absolute atomic E-state index is 0.298. The number of ether oxygens (including phenoxy) is 2. The lowest BCUT2D eigenvalue weighted by atomic mass is 10.5. The van der Waals surface area contributed by atoms with E-state index in [1.54, 1.807) is 13.8 Å². The zero-order valence-corrected chi connectivity index (χ0v) is 9.85. The fraction of sp³-hybridized carbons (Fsp3) is 0.500. The van der Waals surface area contributed by atoms with E-state index in [1.807, 2.05) is 0 Å². The number of carbonyl (C=O) groups excluding carboxylic acids is 2. The van der Waals surface area contributed by atoms with Gasteiger partial charge in [0.1, 0.15) is 0 Å². The first kappa shape index (κ1) is 17.1. The van der Waals surface area contributed by atoms with Gasteiger partial charge < -0.3 is 9.47 Å². The average molecular weight is 253 g/mol. The van der Waals surface area contributed by atoms with Gasteiger partial charge >= 0.3 is 20.2 Å². The second-order valence-corrected chi connectivity index (χ2v) is 2.60. The number of hydrogen-bond donors (Lipinski definition) is 2. The summed E-state index contributed by atoms with van der Waals surface area (Å²) in [4.78, 5) is 35.5. The third-order valence-electron chi connectivity index (χ3n) is 0.929. The topological polar surface area (TPSA) is 110 Å². The first-order valence-corrected chi connectivity index (χ1v) is 5.47. The molecule has 0 bridgehead atoms. The van der Waals surface area contributed by atoms with Crippen LogP contribution in [0.15, 0.2) is 12.2 Å². The summed E-state index contributed by atoms with van der Waals surface area (Å²) in [6.45, 7) is 3.98. The van der Waals surface area contributed by atoms with Crippen molar-refractivity contribution in [1.82, 2.24) is 0 Å². The van der Waals surface area contributed by atoms with E-state index < -0.39 is 20.2 Å². The molecule has 7 nitrogen and oxygen atoms in total. The Kier molecular flexibility index (Phi) is 12.6. The summed E-state index contributed by atoms with van der Waals surface area (Å²) in [6.07, 6.45) is 2.09. The molecule has 0 amide bonds. The number of rotatable bonds is 4. The summed E-state index contributed by atoms with van der Waals surface area (Å²) in [6, 6.07) is 0. The summed E-state index contributed by atoms with van der Waals surface area (Å²) in [5.41, 5.74) is 0. The average Bonchev–Trinajstić information content (AvgIpc) is 2.15. The van der Waals surface area contributed by atoms with Crippen molar-refractivity contribution in [3.05, 3.63) is 12.2 Å². The molecule has 0 aliphatic rings. The molecular weight excluding hydrogens is 239 g/mol. The number of carbonyl (C=O) groups is 2. The minimum atomic E-state index is -2.87. The summed E-state index contributed by atoms with van der Waals surface area (Å²) >= 11 is 0. The third-order valence-corrected chi connectivity index (χ3v) is 0.929. The molecule has 0 aliphatic carbocycles. The molecule has 0 spiro atoms. The van der Waals surface area contributed by atoms with Gasteiger partial charge in [0.2, 0.25) is 0 Å². The van der Waals surface area contributed by atoms with Gasteiger partial charge in [0.15, 0.2) is 0 Å². The van der Waals surface area contributed by atoms with Crippen molar-refractivity contribution in [2.75, 3.05) is 13.2 Å². The van der Waals surface area contributed by atoms with Crippen LogP contribution in [0.2, 0.25) is 0 Å². The zero-order chi connectivity index (χ0) is 13.0. The quantitative estimate of drug-likeness (QED) is 0.421. The monoisotopic (exact) mass is 253 g/mol. The number of esters is 2. The minimum Gasteiger partial charge on any atom is -0.463 e. The Morgan fingerprint density at radius 2 is 1.31 bits per heavy atom. The van der Waals surface area contributed by atoms with E-state index in [0.717, 1.165) is 12.2 Å². The standard InChI is InChI=1S/C8H12O4.HO3P/c1-3-11-7(9)5-6-8(10)12-4-2;1-4(2)3/h5-6H,3-4H2,1-2H3;(H-,1,2,3)/p+1/b6-5-;. The van der Waals surface area contributed by atoms with Gasteiger partial charge in [0, 0.05) is 16.7 Å². The molecule has 0 saturated heterocycles. The van der Waals surface area contributed by atoms with Crippen LogP contribution in [0.4, 0.5) is 0 Å². The lowest BCUT2D eigenvalue weighted by Crippen LogP contribution is -2.03. The van der Waals surface area contributed by atoms with Crippen LogP contribution in [0.25, 0.3) is 0 Å². The lowest BCUT2D eigenvalue weighted by Gasteiger charge is -1.95. The molecule has 0 aromatic rings. The highest BCUT2D eigenvalue weighted by Crippen LogP contribution is 1.98. The Hall–Kier alpha value is -1.30. The third kappa shape index (κ3) is 18.5. The van der Waals surface area contributed by atoms with Gasteiger partial charge in [-0.1, -0.05) is 0 Å². The summed E-state index contributed by atoms with van der Waals surface area (Å²) < 4.78 is 17.8. The van der Waals surface area contributed by atoms with Crippen molar-refractivity contribution >= 4 is 20.2 Å². The molecule has 0 unspecified atom stereocenters. The maximum absolute atomic E-state index is 10.6. The fourth-order valence-corrected chi connectivity index (χ4v) is 0.517. The Morgan fingerprint density at radius 1 is 1.06 bits per heavy atom. The van der Waals surface area contributed by atoms with Crippen molar-refractivity contribution in [2.45, 2.75) is 13.8 Å². The molecule has 16 heavy (non-hydrogen) atoms. The maximum Gasteiger partial charge on any atom is 0.692 e. The van der Waals surface area contributed by atoms with Gasteiger partial charge in [0.25, 0.3) is 0 Å². The molecule has 0 rings (SSSR count). The Balaban J connectivity index is 0. The van der Waals surface area contributed by atoms with Crippen LogP contribution in [0.1, 0.15) is 13.8 Å². The first-order valence-electron chi connectivity index (χ1n) is 4.30. The molecule has 0 aliphatic heterocycles. The molecule has 0 aromatic heterocycles. The highest BCUT2D eigenvalue weighted by Gasteiger charge is 1.97. The second-order valence-electron chi connectivity index (χ2n) is 2.09. The molecule has 0 saturated carbocycles. The van der Waals surface area contributed by atoms with E-state index in [-0.39, 0.29) is 0 Å². The van der Waals surface area contributed by atoms with Crippen molar-refractivity contribution in [3.63, 3.8) is 0 Å². The van der Waals surface area contributed by atoms with Crippen LogP contribution in [0.5, 0.6) is 0 Å². The highest BCUT2D eigenvalue weighted by molar-refractivity contribution is 7.30. The van der Waals surface area contributed by atoms with Crippen LogP contribution in [0, 0.1) is 0 Å². The predicted octanol–water partition coefficient (Wildman–Crippen LogP) is 0.297. The smallest absolute Gasteiger partial charge is 0.463 e. The number of hydrogen-bond acceptors (Lipinski definition) is 5. The summed E-state index contributed by atoms with van der Waals surface area (Å²) in [7, 11) is -2.87. The predicted molar refractivity (Wildman–Crippen MR) is 54.5 cm³/mol. The van der Waals surface area contributed by atoms with E-state index in [9.17, 15) is 9.59 Å². The largest absolute Gasteiger partial charge is 0.692 e. The van der Waals surface area contributed by atoms with E-state index in [0.29, 0.717) is 13.2 Å². The second kappa shape index (κ2) is 11.8. The van der Waals surface area contributed by atoms with Crippen molar-refractivity contribution in [2.24, 2.45) is 0 Å². The SMILES string of the molecule is CCOC(=O)/C=C\C(=O)OCC.O=[P+](O)O. The first-order chi connectivity index (χ1) is 7.43. The van der Waals surface area contributed by atoms with E-state index in [1.165, 1.54) is 0 Å². The normalized spacial score (nSPS) is 9.00. The van der Waals surface area contributed by atoms with Gasteiger partial charge in [-0.05, 0) is 13.8 Å². The molecule has 2 N–H and O–H groups in total. The molecule has 0 heterocycles. The van der Waals surface area contributed by atoms with Crippen molar-refractivity contribution in [1.29, 1.82) is 0 Å². The molecule has 0 aromatic carbocycles. The van der Waals surface area contributed by atoms with Crippen LogP contribution < -0.4 is 0 Å². The summed E-state index contributed by atoms with van der Waals surface area (Å²) in [5.74, 6) is -1.07. The Bertz CT molecular complexity index is 237. The molecule has 0 fully saturated rings. The molecule has 92 valence electrons. The van der Waals surface area contributed by atoms with Crippen molar-refractivity contribution in [3.8, 4) is 0 Å². The molecular formula is C8H14O7P+. The van der Waals surface area contributed by atoms with E-state index in [2.05, 4.69) is 9.47 Å². The molecule has 8 heteroatoms. The van der Waals surface area contributed by atoms with Crippen LogP contribution in [-0.2, 0) is 23.6 Å². The lowest BCUT2D eigenvalue weighted by molar-refractivity contribution is -0.140. The van der Waals surface area contributed by atoms with Crippen LogP contribution >= 0.6 is 8.25 Å². The van der Waals surface area contributed by atoms with Gasteiger partial charge in [-0.2, -0.15) is 0 Å². The van der Waals surface area contributed by atoms with E-state index in [4.69, 9.17) is 14.4 Å². The summed E-state index contributed by atoms with van der Waals surface area (Å²) in [5, 5.41) is 0. The van der Waals surface area contributed by atoms with Gasteiger partial charge in [-0.15, -0.1) is 9.79 Å². The van der Waals surface area contributed by atoms with Gasteiger partial charge in [0.05, 0.1) is 13.2 Å². The fourth-order valence-electron chi connectivity index (χ4n) is 0.517. The molecule has 0 atom stereocenters. The van der Waals surface area contributed by atoms with Crippen LogP contribution in [0.3, 0.4) is 0 Å². The molecule has 0 radical (unpaired) electrons. The van der Waals surface area contributed by atoms with Gasteiger partial charge in [-0.3, -0.25) is 0 Å². The van der Waals surface area contributed by atoms with Crippen LogP contribution in [-0.4, -0.2) is 34.9 Å². The Labute approximate surface area is 93.6 Å².